The summed E-state index contributed by atoms with van der Waals surface area (Å²) in [5, 5.41) is 0. The third-order valence-electron chi connectivity index (χ3n) is 6.52. The Morgan fingerprint density at radius 3 is 2.03 bits per heavy atom. The highest BCUT2D eigenvalue weighted by Gasteiger charge is 2.65. The summed E-state index contributed by atoms with van der Waals surface area (Å²) in [7, 11) is 0. The highest BCUT2D eigenvalue weighted by molar-refractivity contribution is 5.77. The summed E-state index contributed by atoms with van der Waals surface area (Å²) in [5.74, 6) is -13.4. The lowest BCUT2D eigenvalue weighted by molar-refractivity contribution is -0.228. The quantitative estimate of drug-likeness (QED) is 0.364. The topological polar surface area (TPSA) is 18.5 Å². The molecule has 8 heteroatoms. The number of hydrogen-bond donors (Lipinski definition) is 0. The Morgan fingerprint density at radius 2 is 1.46 bits per heavy atom. The number of halogens is 6. The summed E-state index contributed by atoms with van der Waals surface area (Å²) in [5.41, 5.74) is -3.50. The van der Waals surface area contributed by atoms with Crippen molar-refractivity contribution >= 4 is 0 Å². The molecule has 0 spiro atoms. The van der Waals surface area contributed by atoms with Crippen LogP contribution in [0.3, 0.4) is 0 Å². The number of aryl methyl sites for hydroxylation is 1. The van der Waals surface area contributed by atoms with Gasteiger partial charge in [-0.3, -0.25) is 0 Å². The minimum atomic E-state index is -4.97. The average molecular weight is 496 g/mol. The van der Waals surface area contributed by atoms with Crippen LogP contribution in [0.1, 0.15) is 50.3 Å². The molecular formula is C27H26F6O2. The Labute approximate surface area is 200 Å². The number of allylic oxidation sites excluding steroid dienone is 2. The molecule has 4 rings (SSSR count). The monoisotopic (exact) mass is 496 g/mol. The van der Waals surface area contributed by atoms with E-state index in [1.165, 1.54) is 13.0 Å². The standard InChI is InChI=1S/C27H26F6O2/c1-4-34-20-11-10-19-18-9-8-17(7-6-16-12-14-25(3,15-13-16)35-5-2)23(28)21(18)26(30,31)27(32,33)22(19)24(20)29/h8-14H,4-7,15H2,1-3H3. The van der Waals surface area contributed by atoms with Crippen LogP contribution in [0.5, 0.6) is 5.75 Å². The summed E-state index contributed by atoms with van der Waals surface area (Å²) in [6.45, 7) is 5.84. The molecule has 0 aliphatic heterocycles. The van der Waals surface area contributed by atoms with E-state index >= 15 is 22.0 Å². The van der Waals surface area contributed by atoms with Crippen molar-refractivity contribution in [3.8, 4) is 16.9 Å². The fourth-order valence-electron chi connectivity index (χ4n) is 4.67. The van der Waals surface area contributed by atoms with Gasteiger partial charge in [0.1, 0.15) is 5.82 Å². The lowest BCUT2D eigenvalue weighted by atomic mass is 9.78. The summed E-state index contributed by atoms with van der Waals surface area (Å²) in [6, 6.07) is 4.61. The maximum Gasteiger partial charge on any atom is 0.343 e. The number of ether oxygens (including phenoxy) is 2. The van der Waals surface area contributed by atoms with E-state index in [2.05, 4.69) is 0 Å². The number of rotatable bonds is 7. The normalized spacial score (nSPS) is 21.8. The maximum absolute atomic E-state index is 15.4. The van der Waals surface area contributed by atoms with Crippen LogP contribution in [0.4, 0.5) is 26.3 Å². The summed E-state index contributed by atoms with van der Waals surface area (Å²) in [4.78, 5) is 0. The van der Waals surface area contributed by atoms with E-state index in [9.17, 15) is 4.39 Å². The number of fused-ring (bicyclic) bond motifs is 3. The molecule has 0 fully saturated rings. The largest absolute Gasteiger partial charge is 0.491 e. The van der Waals surface area contributed by atoms with Crippen LogP contribution < -0.4 is 4.74 Å². The second kappa shape index (κ2) is 9.04. The Kier molecular flexibility index (Phi) is 6.55. The zero-order chi connectivity index (χ0) is 25.6. The van der Waals surface area contributed by atoms with E-state index in [0.29, 0.717) is 19.4 Å². The molecule has 1 unspecified atom stereocenters. The fraction of sp³-hybridized carbons (Fsp3) is 0.407. The Bertz CT molecular complexity index is 1200. The van der Waals surface area contributed by atoms with Gasteiger partial charge in [0, 0.05) is 6.61 Å². The van der Waals surface area contributed by atoms with E-state index in [-0.39, 0.29) is 18.6 Å². The van der Waals surface area contributed by atoms with Gasteiger partial charge in [-0.15, -0.1) is 0 Å². The molecule has 0 aromatic heterocycles. The van der Waals surface area contributed by atoms with Crippen molar-refractivity contribution < 1.29 is 35.8 Å². The van der Waals surface area contributed by atoms with Crippen LogP contribution in [0, 0.1) is 11.6 Å². The van der Waals surface area contributed by atoms with E-state index in [4.69, 9.17) is 9.47 Å². The number of alkyl halides is 4. The molecule has 2 nitrogen and oxygen atoms in total. The summed E-state index contributed by atoms with van der Waals surface area (Å²) >= 11 is 0. The lowest BCUT2D eigenvalue weighted by Gasteiger charge is -2.35. The maximum atomic E-state index is 15.4. The molecule has 2 aliphatic rings. The van der Waals surface area contributed by atoms with Gasteiger partial charge in [-0.25, -0.2) is 8.78 Å². The lowest BCUT2D eigenvalue weighted by Crippen LogP contribution is -2.41. The van der Waals surface area contributed by atoms with Crippen LogP contribution >= 0.6 is 0 Å². The summed E-state index contributed by atoms with van der Waals surface area (Å²) < 4.78 is 101. The van der Waals surface area contributed by atoms with Gasteiger partial charge >= 0.3 is 11.8 Å². The van der Waals surface area contributed by atoms with Crippen molar-refractivity contribution in [2.75, 3.05) is 13.2 Å². The van der Waals surface area contributed by atoms with E-state index in [1.54, 1.807) is 0 Å². The predicted molar refractivity (Wildman–Crippen MR) is 121 cm³/mol. The van der Waals surface area contributed by atoms with Crippen molar-refractivity contribution in [1.29, 1.82) is 0 Å². The van der Waals surface area contributed by atoms with Gasteiger partial charge in [0.25, 0.3) is 0 Å². The molecule has 0 heterocycles. The molecule has 2 aromatic carbocycles. The molecule has 0 bridgehead atoms. The molecule has 0 amide bonds. The first kappa shape index (κ1) is 25.4. The van der Waals surface area contributed by atoms with Gasteiger partial charge in [-0.2, -0.15) is 17.6 Å². The zero-order valence-corrected chi connectivity index (χ0v) is 19.7. The molecule has 0 saturated carbocycles. The molecule has 35 heavy (non-hydrogen) atoms. The molecule has 1 atom stereocenters. The number of benzene rings is 2. The molecule has 0 saturated heterocycles. The van der Waals surface area contributed by atoms with Crippen molar-refractivity contribution in [3.05, 3.63) is 76.4 Å². The first-order valence-electron chi connectivity index (χ1n) is 11.5. The minimum Gasteiger partial charge on any atom is -0.491 e. The average Bonchev–Trinajstić information content (AvgIpc) is 2.79. The summed E-state index contributed by atoms with van der Waals surface area (Å²) in [6.07, 6.45) is 6.64. The second-order valence-corrected chi connectivity index (χ2v) is 8.91. The van der Waals surface area contributed by atoms with Crippen LogP contribution in [-0.4, -0.2) is 18.8 Å². The van der Waals surface area contributed by atoms with Gasteiger partial charge in [0.2, 0.25) is 0 Å². The van der Waals surface area contributed by atoms with Gasteiger partial charge in [-0.1, -0.05) is 35.9 Å². The van der Waals surface area contributed by atoms with E-state index in [0.717, 1.165) is 23.8 Å². The molecule has 0 radical (unpaired) electrons. The van der Waals surface area contributed by atoms with Gasteiger partial charge < -0.3 is 9.47 Å². The van der Waals surface area contributed by atoms with Crippen LogP contribution in [-0.2, 0) is 23.0 Å². The Hall–Kier alpha value is -2.74. The Balaban J connectivity index is 1.70. The molecule has 2 aromatic rings. The molecule has 2 aliphatic carbocycles. The first-order valence-corrected chi connectivity index (χ1v) is 11.5. The smallest absolute Gasteiger partial charge is 0.343 e. The van der Waals surface area contributed by atoms with Crippen LogP contribution in [0.15, 0.2) is 48.1 Å². The van der Waals surface area contributed by atoms with Gasteiger partial charge in [0.15, 0.2) is 11.6 Å². The van der Waals surface area contributed by atoms with Crippen LogP contribution in [0.25, 0.3) is 11.1 Å². The third-order valence-corrected chi connectivity index (χ3v) is 6.52. The van der Waals surface area contributed by atoms with Crippen molar-refractivity contribution in [3.63, 3.8) is 0 Å². The number of hydrogen-bond acceptors (Lipinski definition) is 2. The zero-order valence-electron chi connectivity index (χ0n) is 19.7. The molecule has 188 valence electrons. The van der Waals surface area contributed by atoms with E-state index in [1.807, 2.05) is 32.1 Å². The van der Waals surface area contributed by atoms with Crippen LogP contribution in [0.2, 0.25) is 0 Å². The molecule has 0 N–H and O–H groups in total. The predicted octanol–water partition coefficient (Wildman–Crippen LogP) is 7.84. The van der Waals surface area contributed by atoms with E-state index < -0.39 is 57.1 Å². The molecular weight excluding hydrogens is 470 g/mol. The second-order valence-electron chi connectivity index (χ2n) is 8.91. The van der Waals surface area contributed by atoms with Gasteiger partial charge in [-0.05, 0) is 68.9 Å². The Morgan fingerprint density at radius 1 is 0.829 bits per heavy atom. The fourth-order valence-corrected chi connectivity index (χ4v) is 4.67. The first-order chi connectivity index (χ1) is 16.5. The minimum absolute atomic E-state index is 0.0345. The van der Waals surface area contributed by atoms with Crippen molar-refractivity contribution in [1.82, 2.24) is 0 Å². The van der Waals surface area contributed by atoms with Crippen molar-refractivity contribution in [2.24, 2.45) is 0 Å². The SMILES string of the molecule is CCOc1ccc2c(c1F)C(F)(F)C(F)(F)c1c-2ccc(CCC2=CCC(C)(OCC)C=C2)c1F. The van der Waals surface area contributed by atoms with Crippen molar-refractivity contribution in [2.45, 2.75) is 57.5 Å². The van der Waals surface area contributed by atoms with Gasteiger partial charge in [0.05, 0.1) is 23.3 Å². The third kappa shape index (κ3) is 4.15. The highest BCUT2D eigenvalue weighted by atomic mass is 19.3. The highest BCUT2D eigenvalue weighted by Crippen LogP contribution is 2.60.